The van der Waals surface area contributed by atoms with Crippen LogP contribution in [0.4, 0.5) is 49.5 Å². The van der Waals surface area contributed by atoms with Gasteiger partial charge in [0.1, 0.15) is 17.5 Å². The van der Waals surface area contributed by atoms with Crippen molar-refractivity contribution in [3.63, 3.8) is 0 Å². The number of aromatic nitrogens is 1. The third-order valence-corrected chi connectivity index (χ3v) is 5.51. The van der Waals surface area contributed by atoms with Crippen LogP contribution in [0.25, 0.3) is 0 Å². The van der Waals surface area contributed by atoms with Crippen LogP contribution < -0.4 is 15.0 Å². The number of hydrogen-bond acceptors (Lipinski definition) is 8. The third-order valence-electron chi connectivity index (χ3n) is 5.51. The molecule has 0 atom stereocenters. The van der Waals surface area contributed by atoms with E-state index in [1.165, 1.54) is 7.11 Å². The molecule has 0 saturated carbocycles. The average molecular weight is 623 g/mol. The van der Waals surface area contributed by atoms with Gasteiger partial charge >= 0.3 is 23.9 Å². The van der Waals surface area contributed by atoms with Gasteiger partial charge in [0.15, 0.2) is 11.6 Å². The van der Waals surface area contributed by atoms with Gasteiger partial charge in [0, 0.05) is 12.1 Å². The van der Waals surface area contributed by atoms with Crippen molar-refractivity contribution in [2.75, 3.05) is 23.9 Å². The van der Waals surface area contributed by atoms with Crippen molar-refractivity contribution in [3.8, 4) is 17.7 Å². The zero-order chi connectivity index (χ0) is 33.0. The number of rotatable bonds is 7. The van der Waals surface area contributed by atoms with Crippen LogP contribution in [0.15, 0.2) is 42.6 Å². The van der Waals surface area contributed by atoms with Crippen LogP contribution in [-0.2, 0) is 10.9 Å². The first-order valence-electron chi connectivity index (χ1n) is 12.3. The number of carboxylic acid groups (broad SMARTS) is 1. The van der Waals surface area contributed by atoms with Crippen LogP contribution in [0.3, 0.4) is 0 Å². The Hall–Kier alpha value is -5.46. The monoisotopic (exact) mass is 622 g/mol. The Morgan fingerprint density at radius 1 is 1.09 bits per heavy atom. The summed E-state index contributed by atoms with van der Waals surface area (Å²) in [6, 6.07) is 4.08. The molecule has 0 spiro atoms. The molecule has 0 unspecified atom stereocenters. The van der Waals surface area contributed by atoms with E-state index >= 15 is 0 Å². The molecule has 0 aliphatic rings. The number of benzene rings is 2. The SMILES string of the molecule is COc1cc(N(CC#Cc2cc(F)c(F)cc2Nc2ccc(C(F)(F)F)cc2C(=O)O)C(=O)OC(C)(C)C)c([N+](=O)[O-])cn1. The summed E-state index contributed by atoms with van der Waals surface area (Å²) in [7, 11) is 1.24. The predicted octanol–water partition coefficient (Wildman–Crippen LogP) is 6.53. The smallest absolute Gasteiger partial charge is 0.416 e. The van der Waals surface area contributed by atoms with Gasteiger partial charge in [-0.3, -0.25) is 15.0 Å². The summed E-state index contributed by atoms with van der Waals surface area (Å²) in [5.41, 5.74) is -5.08. The van der Waals surface area contributed by atoms with Gasteiger partial charge in [-0.15, -0.1) is 0 Å². The molecule has 0 radical (unpaired) electrons. The highest BCUT2D eigenvalue weighted by molar-refractivity contribution is 5.96. The molecule has 2 aromatic carbocycles. The summed E-state index contributed by atoms with van der Waals surface area (Å²) in [5, 5.41) is 23.6. The minimum Gasteiger partial charge on any atom is -0.481 e. The van der Waals surface area contributed by atoms with Gasteiger partial charge in [-0.25, -0.2) is 23.4 Å². The molecule has 16 heteroatoms. The van der Waals surface area contributed by atoms with Gasteiger partial charge in [-0.1, -0.05) is 11.8 Å². The lowest BCUT2D eigenvalue weighted by molar-refractivity contribution is -0.384. The zero-order valence-corrected chi connectivity index (χ0v) is 23.4. The van der Waals surface area contributed by atoms with Gasteiger partial charge in [0.2, 0.25) is 5.88 Å². The number of nitrogens with one attached hydrogen (secondary N) is 1. The van der Waals surface area contributed by atoms with Crippen LogP contribution >= 0.6 is 0 Å². The highest BCUT2D eigenvalue weighted by atomic mass is 19.4. The van der Waals surface area contributed by atoms with Crippen LogP contribution in [0, 0.1) is 33.6 Å². The van der Waals surface area contributed by atoms with Crippen molar-refractivity contribution in [1.82, 2.24) is 4.98 Å². The van der Waals surface area contributed by atoms with Gasteiger partial charge in [0.05, 0.1) is 46.6 Å². The van der Waals surface area contributed by atoms with E-state index in [1.807, 2.05) is 0 Å². The molecule has 1 heterocycles. The van der Waals surface area contributed by atoms with E-state index in [0.29, 0.717) is 24.3 Å². The summed E-state index contributed by atoms with van der Waals surface area (Å²) < 4.78 is 78.1. The average Bonchev–Trinajstić information content (AvgIpc) is 2.91. The Kier molecular flexibility index (Phi) is 9.62. The molecule has 0 aliphatic heterocycles. The van der Waals surface area contributed by atoms with Crippen molar-refractivity contribution >= 4 is 34.8 Å². The molecule has 2 N–H and O–H groups in total. The maximum atomic E-state index is 14.2. The number of carbonyl (C=O) groups excluding carboxylic acids is 1. The fourth-order valence-electron chi connectivity index (χ4n) is 3.57. The zero-order valence-electron chi connectivity index (χ0n) is 23.4. The minimum atomic E-state index is -4.85. The number of carboxylic acids is 1. The fourth-order valence-corrected chi connectivity index (χ4v) is 3.57. The molecule has 3 rings (SSSR count). The lowest BCUT2D eigenvalue weighted by atomic mass is 10.1. The number of carbonyl (C=O) groups is 2. The highest BCUT2D eigenvalue weighted by Gasteiger charge is 2.32. The number of anilines is 3. The first kappa shape index (κ1) is 33.0. The number of amides is 1. The highest BCUT2D eigenvalue weighted by Crippen LogP contribution is 2.34. The van der Waals surface area contributed by atoms with E-state index in [-0.39, 0.29) is 22.8 Å². The third kappa shape index (κ3) is 8.09. The lowest BCUT2D eigenvalue weighted by Crippen LogP contribution is -2.37. The Balaban J connectivity index is 2.09. The molecule has 0 bridgehead atoms. The molecule has 0 fully saturated rings. The number of halogens is 5. The summed E-state index contributed by atoms with van der Waals surface area (Å²) in [5.74, 6) is 0.380. The summed E-state index contributed by atoms with van der Waals surface area (Å²) >= 11 is 0. The molecule has 44 heavy (non-hydrogen) atoms. The number of aromatic carboxylic acids is 1. The largest absolute Gasteiger partial charge is 0.481 e. The molecule has 0 aliphatic carbocycles. The minimum absolute atomic E-state index is 0.0926. The van der Waals surface area contributed by atoms with Gasteiger partial charge < -0.3 is 19.9 Å². The predicted molar refractivity (Wildman–Crippen MR) is 146 cm³/mol. The van der Waals surface area contributed by atoms with E-state index < -0.39 is 69.4 Å². The second-order valence-corrected chi connectivity index (χ2v) is 9.84. The summed E-state index contributed by atoms with van der Waals surface area (Å²) in [6.07, 6.45) is -5.07. The quantitative estimate of drug-likeness (QED) is 0.130. The van der Waals surface area contributed by atoms with E-state index in [9.17, 15) is 46.8 Å². The van der Waals surface area contributed by atoms with Crippen LogP contribution in [0.2, 0.25) is 0 Å². The Morgan fingerprint density at radius 2 is 1.75 bits per heavy atom. The molecule has 232 valence electrons. The van der Waals surface area contributed by atoms with Gasteiger partial charge in [0.25, 0.3) is 0 Å². The first-order chi connectivity index (χ1) is 20.4. The number of methoxy groups -OCH3 is 1. The van der Waals surface area contributed by atoms with Crippen molar-refractivity contribution in [2.24, 2.45) is 0 Å². The maximum Gasteiger partial charge on any atom is 0.416 e. The van der Waals surface area contributed by atoms with Crippen molar-refractivity contribution in [1.29, 1.82) is 0 Å². The van der Waals surface area contributed by atoms with E-state index in [0.717, 1.165) is 23.2 Å². The van der Waals surface area contributed by atoms with E-state index in [2.05, 4.69) is 22.1 Å². The molecule has 3 aromatic rings. The van der Waals surface area contributed by atoms with Crippen molar-refractivity contribution in [3.05, 3.63) is 81.0 Å². The second kappa shape index (κ2) is 12.8. The lowest BCUT2D eigenvalue weighted by Gasteiger charge is -2.26. The van der Waals surface area contributed by atoms with Gasteiger partial charge in [-0.2, -0.15) is 13.2 Å². The number of nitro groups is 1. The Bertz CT molecular complexity index is 1680. The van der Waals surface area contributed by atoms with Gasteiger partial charge in [-0.05, 0) is 45.0 Å². The fraction of sp³-hybridized carbons (Fsp3) is 0.250. The van der Waals surface area contributed by atoms with Crippen LogP contribution in [-0.4, -0.2) is 46.3 Å². The molecule has 1 amide bonds. The molecule has 11 nitrogen and oxygen atoms in total. The summed E-state index contributed by atoms with van der Waals surface area (Å²) in [4.78, 5) is 40.2. The molecular weight excluding hydrogens is 599 g/mol. The number of nitrogens with zero attached hydrogens (tertiary/aromatic N) is 3. The number of hydrogen-bond donors (Lipinski definition) is 2. The Labute approximate surface area is 246 Å². The normalized spacial score (nSPS) is 11.2. The number of ether oxygens (including phenoxy) is 2. The summed E-state index contributed by atoms with van der Waals surface area (Å²) in [6.45, 7) is 4.02. The number of alkyl halides is 3. The van der Waals surface area contributed by atoms with Crippen molar-refractivity contribution in [2.45, 2.75) is 32.5 Å². The first-order valence-corrected chi connectivity index (χ1v) is 12.3. The van der Waals surface area contributed by atoms with Crippen LogP contribution in [0.1, 0.15) is 42.3 Å². The topological polar surface area (TPSA) is 144 Å². The molecular formula is C28H23F5N4O7. The standard InChI is InChI=1S/C28H23F5N4O7/c1-27(2,3)44-26(40)36(22-13-24(43-4)34-14-23(22)37(41)42)9-5-6-15-10-18(29)19(30)12-21(15)35-20-8-7-16(28(31,32)33)11-17(20)25(38)39/h7-8,10-14,35H,9H2,1-4H3,(H,38,39). The van der Waals surface area contributed by atoms with E-state index in [4.69, 9.17) is 9.47 Å². The molecule has 0 saturated heterocycles. The Morgan fingerprint density at radius 3 is 2.32 bits per heavy atom. The second-order valence-electron chi connectivity index (χ2n) is 9.84. The molecule has 1 aromatic heterocycles. The number of pyridine rings is 1. The maximum absolute atomic E-state index is 14.2. The van der Waals surface area contributed by atoms with E-state index in [1.54, 1.807) is 20.8 Å². The van der Waals surface area contributed by atoms with Crippen LogP contribution in [0.5, 0.6) is 5.88 Å². The van der Waals surface area contributed by atoms with Crippen molar-refractivity contribution < 1.29 is 51.0 Å².